The molecule has 0 amide bonds. The van der Waals surface area contributed by atoms with Crippen LogP contribution in [0.4, 0.5) is 0 Å². The molecule has 0 fully saturated rings. The van der Waals surface area contributed by atoms with Crippen LogP contribution in [0.25, 0.3) is 0 Å². The van der Waals surface area contributed by atoms with Crippen molar-refractivity contribution in [2.24, 2.45) is 5.92 Å². The van der Waals surface area contributed by atoms with Gasteiger partial charge in [0.1, 0.15) is 6.04 Å². The maximum absolute atomic E-state index is 11.2. The summed E-state index contributed by atoms with van der Waals surface area (Å²) in [5.74, 6) is -4.18. The molecular formula is C12H21NO6. The lowest BCUT2D eigenvalue weighted by Crippen LogP contribution is -2.46. The van der Waals surface area contributed by atoms with E-state index in [-0.39, 0.29) is 6.54 Å². The van der Waals surface area contributed by atoms with E-state index in [4.69, 9.17) is 15.3 Å². The number of carboxylic acid groups (broad SMARTS) is 3. The van der Waals surface area contributed by atoms with Crippen molar-refractivity contribution in [1.29, 1.82) is 0 Å². The van der Waals surface area contributed by atoms with E-state index < -0.39 is 36.4 Å². The standard InChI is InChI=1S/C12H21NO6/c1-3-4-5-9(12(18)19)13(7-10(14)15)6-8(2)11(16)17/h8-9H,3-7H2,1-2H3,(H,14,15)(H,16,17)(H,18,19). The van der Waals surface area contributed by atoms with Gasteiger partial charge in [0.15, 0.2) is 0 Å². The van der Waals surface area contributed by atoms with Crippen molar-refractivity contribution in [3.05, 3.63) is 0 Å². The second-order valence-corrected chi connectivity index (χ2v) is 4.56. The van der Waals surface area contributed by atoms with Gasteiger partial charge in [-0.2, -0.15) is 0 Å². The summed E-state index contributed by atoms with van der Waals surface area (Å²) in [5, 5.41) is 26.8. The fourth-order valence-corrected chi connectivity index (χ4v) is 1.77. The molecule has 7 heteroatoms. The Morgan fingerprint density at radius 2 is 1.68 bits per heavy atom. The number of carbonyl (C=O) groups is 3. The first-order chi connectivity index (χ1) is 8.79. The van der Waals surface area contributed by atoms with Crippen molar-refractivity contribution in [3.63, 3.8) is 0 Å². The Morgan fingerprint density at radius 3 is 2.05 bits per heavy atom. The van der Waals surface area contributed by atoms with Crippen molar-refractivity contribution in [1.82, 2.24) is 4.90 Å². The van der Waals surface area contributed by atoms with E-state index >= 15 is 0 Å². The third-order valence-electron chi connectivity index (χ3n) is 2.83. The van der Waals surface area contributed by atoms with Gasteiger partial charge in [-0.3, -0.25) is 19.3 Å². The molecule has 0 spiro atoms. The molecule has 3 N–H and O–H groups in total. The Morgan fingerprint density at radius 1 is 1.11 bits per heavy atom. The van der Waals surface area contributed by atoms with E-state index in [1.165, 1.54) is 11.8 Å². The fourth-order valence-electron chi connectivity index (χ4n) is 1.77. The molecule has 2 unspecified atom stereocenters. The van der Waals surface area contributed by atoms with Crippen LogP contribution in [0, 0.1) is 5.92 Å². The molecule has 0 aliphatic carbocycles. The smallest absolute Gasteiger partial charge is 0.320 e. The molecule has 2 atom stereocenters. The number of aliphatic carboxylic acids is 3. The van der Waals surface area contributed by atoms with Crippen LogP contribution in [0.1, 0.15) is 33.1 Å². The number of unbranched alkanes of at least 4 members (excludes halogenated alkanes) is 1. The minimum atomic E-state index is -1.17. The average molecular weight is 275 g/mol. The molecule has 0 radical (unpaired) electrons. The summed E-state index contributed by atoms with van der Waals surface area (Å²) in [7, 11) is 0. The van der Waals surface area contributed by atoms with Crippen LogP contribution in [0.15, 0.2) is 0 Å². The minimum absolute atomic E-state index is 0.0949. The number of nitrogens with zero attached hydrogens (tertiary/aromatic N) is 1. The van der Waals surface area contributed by atoms with Crippen LogP contribution in [0.5, 0.6) is 0 Å². The van der Waals surface area contributed by atoms with Crippen molar-refractivity contribution < 1.29 is 29.7 Å². The molecular weight excluding hydrogens is 254 g/mol. The van der Waals surface area contributed by atoms with Gasteiger partial charge in [-0.1, -0.05) is 26.7 Å². The molecule has 19 heavy (non-hydrogen) atoms. The SMILES string of the molecule is CCCCC(C(=O)O)N(CC(=O)O)CC(C)C(=O)O. The third kappa shape index (κ3) is 6.76. The van der Waals surface area contributed by atoms with Gasteiger partial charge in [0.25, 0.3) is 0 Å². The van der Waals surface area contributed by atoms with E-state index in [0.717, 1.165) is 6.42 Å². The highest BCUT2D eigenvalue weighted by Crippen LogP contribution is 2.12. The highest BCUT2D eigenvalue weighted by atomic mass is 16.4. The summed E-state index contributed by atoms with van der Waals surface area (Å²) in [6.07, 6.45) is 1.75. The second-order valence-electron chi connectivity index (χ2n) is 4.56. The van der Waals surface area contributed by atoms with Crippen molar-refractivity contribution in [2.75, 3.05) is 13.1 Å². The first-order valence-electron chi connectivity index (χ1n) is 6.21. The molecule has 0 saturated heterocycles. The van der Waals surface area contributed by atoms with Crippen LogP contribution < -0.4 is 0 Å². The molecule has 7 nitrogen and oxygen atoms in total. The maximum Gasteiger partial charge on any atom is 0.320 e. The predicted molar refractivity (Wildman–Crippen MR) is 67.0 cm³/mol. The summed E-state index contributed by atoms with van der Waals surface area (Å²) in [4.78, 5) is 34.0. The lowest BCUT2D eigenvalue weighted by Gasteiger charge is -2.28. The number of hydrogen-bond acceptors (Lipinski definition) is 4. The maximum atomic E-state index is 11.2. The first-order valence-corrected chi connectivity index (χ1v) is 6.21. The summed E-state index contributed by atoms with van der Waals surface area (Å²) in [6, 6.07) is -0.960. The van der Waals surface area contributed by atoms with Gasteiger partial charge in [0.2, 0.25) is 0 Å². The Hall–Kier alpha value is -1.63. The molecule has 0 bridgehead atoms. The van der Waals surface area contributed by atoms with E-state index in [1.807, 2.05) is 6.92 Å². The zero-order valence-electron chi connectivity index (χ0n) is 11.2. The Balaban J connectivity index is 4.89. The quantitative estimate of drug-likeness (QED) is 0.538. The summed E-state index contributed by atoms with van der Waals surface area (Å²) in [6.45, 7) is 2.76. The highest BCUT2D eigenvalue weighted by molar-refractivity contribution is 5.76. The van der Waals surface area contributed by atoms with Gasteiger partial charge in [-0.05, 0) is 6.42 Å². The van der Waals surface area contributed by atoms with Crippen LogP contribution >= 0.6 is 0 Å². The molecule has 0 heterocycles. The van der Waals surface area contributed by atoms with Gasteiger partial charge < -0.3 is 15.3 Å². The highest BCUT2D eigenvalue weighted by Gasteiger charge is 2.29. The van der Waals surface area contributed by atoms with Crippen LogP contribution in [0.2, 0.25) is 0 Å². The molecule has 0 saturated carbocycles. The van der Waals surface area contributed by atoms with Crippen molar-refractivity contribution >= 4 is 17.9 Å². The monoisotopic (exact) mass is 275 g/mol. The number of carboxylic acids is 3. The minimum Gasteiger partial charge on any atom is -0.481 e. The summed E-state index contributed by atoms with van der Waals surface area (Å²) >= 11 is 0. The number of rotatable bonds is 10. The molecule has 0 aromatic heterocycles. The van der Waals surface area contributed by atoms with Gasteiger partial charge in [-0.15, -0.1) is 0 Å². The molecule has 0 aromatic carbocycles. The largest absolute Gasteiger partial charge is 0.481 e. The van der Waals surface area contributed by atoms with Crippen LogP contribution in [0.3, 0.4) is 0 Å². The van der Waals surface area contributed by atoms with Gasteiger partial charge in [-0.25, -0.2) is 0 Å². The Bertz CT molecular complexity index is 330. The average Bonchev–Trinajstić information content (AvgIpc) is 2.27. The Labute approximate surface area is 111 Å². The van der Waals surface area contributed by atoms with Gasteiger partial charge >= 0.3 is 17.9 Å². The molecule has 0 aliphatic heterocycles. The molecule has 0 rings (SSSR count). The van der Waals surface area contributed by atoms with Gasteiger partial charge in [0, 0.05) is 6.54 Å². The van der Waals surface area contributed by atoms with Crippen molar-refractivity contribution in [3.8, 4) is 0 Å². The zero-order valence-corrected chi connectivity index (χ0v) is 11.2. The van der Waals surface area contributed by atoms with E-state index in [9.17, 15) is 14.4 Å². The third-order valence-corrected chi connectivity index (χ3v) is 2.83. The normalized spacial score (nSPS) is 14.1. The summed E-state index contributed by atoms with van der Waals surface area (Å²) in [5.41, 5.74) is 0. The van der Waals surface area contributed by atoms with E-state index in [1.54, 1.807) is 0 Å². The van der Waals surface area contributed by atoms with Crippen molar-refractivity contribution in [2.45, 2.75) is 39.2 Å². The lowest BCUT2D eigenvalue weighted by atomic mass is 10.1. The predicted octanol–water partition coefficient (Wildman–Crippen LogP) is 0.737. The fraction of sp³-hybridized carbons (Fsp3) is 0.750. The lowest BCUT2D eigenvalue weighted by molar-refractivity contribution is -0.150. The number of hydrogen-bond donors (Lipinski definition) is 3. The zero-order chi connectivity index (χ0) is 15.0. The summed E-state index contributed by atoms with van der Waals surface area (Å²) < 4.78 is 0. The van der Waals surface area contributed by atoms with Crippen LogP contribution in [-0.2, 0) is 14.4 Å². The topological polar surface area (TPSA) is 115 Å². The molecule has 0 aromatic rings. The second kappa shape index (κ2) is 8.47. The van der Waals surface area contributed by atoms with Crippen LogP contribution in [-0.4, -0.2) is 57.3 Å². The molecule has 110 valence electrons. The van der Waals surface area contributed by atoms with E-state index in [0.29, 0.717) is 12.8 Å². The molecule has 0 aliphatic rings. The Kier molecular flexibility index (Phi) is 7.74. The van der Waals surface area contributed by atoms with Gasteiger partial charge in [0.05, 0.1) is 12.5 Å². The first kappa shape index (κ1) is 17.4. The van der Waals surface area contributed by atoms with E-state index in [2.05, 4.69) is 0 Å².